The lowest BCUT2D eigenvalue weighted by Gasteiger charge is -2.23. The minimum atomic E-state index is -5.71. The SMILES string of the molecule is Cc1nn(C2CCCCO2)c(C)c1OS(=O)(=O)C(F)(F)F. The molecule has 1 aliphatic heterocycles. The summed E-state index contributed by atoms with van der Waals surface area (Å²) in [6.45, 7) is 3.35. The van der Waals surface area contributed by atoms with Crippen LogP contribution in [0.5, 0.6) is 5.75 Å². The number of hydrogen-bond acceptors (Lipinski definition) is 5. The van der Waals surface area contributed by atoms with Crippen molar-refractivity contribution in [1.29, 1.82) is 0 Å². The van der Waals surface area contributed by atoms with Crippen molar-refractivity contribution in [2.75, 3.05) is 6.61 Å². The van der Waals surface area contributed by atoms with Gasteiger partial charge in [-0.15, -0.1) is 0 Å². The molecular weight excluding hydrogens is 313 g/mol. The quantitative estimate of drug-likeness (QED) is 0.629. The van der Waals surface area contributed by atoms with Gasteiger partial charge in [0.15, 0.2) is 12.0 Å². The zero-order chi connectivity index (χ0) is 15.8. The highest BCUT2D eigenvalue weighted by atomic mass is 32.2. The number of nitrogens with zero attached hydrogens (tertiary/aromatic N) is 2. The van der Waals surface area contributed by atoms with Crippen LogP contribution in [0.3, 0.4) is 0 Å². The first kappa shape index (κ1) is 16.1. The Labute approximate surface area is 120 Å². The van der Waals surface area contributed by atoms with Gasteiger partial charge in [-0.3, -0.25) is 0 Å². The standard InChI is InChI=1S/C11H15F3N2O4S/c1-7-10(20-21(17,18)11(12,13)14)8(2)16(15-7)9-5-3-4-6-19-9/h9H,3-6H2,1-2H3. The van der Waals surface area contributed by atoms with E-state index in [1.165, 1.54) is 18.5 Å². The molecule has 0 amide bonds. The maximum atomic E-state index is 12.4. The first-order valence-corrected chi connectivity index (χ1v) is 7.72. The summed E-state index contributed by atoms with van der Waals surface area (Å²) in [5.74, 6) is -0.401. The summed E-state index contributed by atoms with van der Waals surface area (Å²) < 4.78 is 70.4. The van der Waals surface area contributed by atoms with Gasteiger partial charge in [-0.05, 0) is 33.1 Å². The zero-order valence-electron chi connectivity index (χ0n) is 11.5. The van der Waals surface area contributed by atoms with Crippen LogP contribution in [0.15, 0.2) is 0 Å². The average Bonchev–Trinajstić information content (AvgIpc) is 2.66. The second-order valence-corrected chi connectivity index (χ2v) is 6.29. The van der Waals surface area contributed by atoms with Gasteiger partial charge in [0.2, 0.25) is 0 Å². The molecule has 0 aliphatic carbocycles. The van der Waals surface area contributed by atoms with Gasteiger partial charge in [0.05, 0.1) is 5.69 Å². The Morgan fingerprint density at radius 3 is 2.52 bits per heavy atom. The van der Waals surface area contributed by atoms with E-state index in [0.29, 0.717) is 13.0 Å². The zero-order valence-corrected chi connectivity index (χ0v) is 12.3. The van der Waals surface area contributed by atoms with Crippen LogP contribution in [-0.4, -0.2) is 30.3 Å². The number of aromatic nitrogens is 2. The minimum absolute atomic E-state index is 0.0644. The van der Waals surface area contributed by atoms with Crippen molar-refractivity contribution < 1.29 is 30.5 Å². The van der Waals surface area contributed by atoms with E-state index in [0.717, 1.165) is 12.8 Å². The Morgan fingerprint density at radius 1 is 1.33 bits per heavy atom. The normalized spacial score (nSPS) is 20.5. The van der Waals surface area contributed by atoms with E-state index in [1.54, 1.807) is 0 Å². The molecule has 6 nitrogen and oxygen atoms in total. The van der Waals surface area contributed by atoms with Crippen molar-refractivity contribution in [1.82, 2.24) is 9.78 Å². The molecule has 1 atom stereocenters. The van der Waals surface area contributed by atoms with Crippen molar-refractivity contribution in [2.24, 2.45) is 0 Å². The Bertz CT molecular complexity index is 618. The third-order valence-corrected chi connectivity index (χ3v) is 4.12. The summed E-state index contributed by atoms with van der Waals surface area (Å²) in [6.07, 6.45) is 2.05. The largest absolute Gasteiger partial charge is 0.534 e. The Balaban J connectivity index is 2.32. The Morgan fingerprint density at radius 2 is 2.00 bits per heavy atom. The molecule has 0 spiro atoms. The highest BCUT2D eigenvalue weighted by Crippen LogP contribution is 2.33. The third kappa shape index (κ3) is 3.15. The van der Waals surface area contributed by atoms with Crippen LogP contribution >= 0.6 is 0 Å². The van der Waals surface area contributed by atoms with E-state index < -0.39 is 27.6 Å². The molecule has 1 aliphatic rings. The molecule has 2 heterocycles. The van der Waals surface area contributed by atoms with Gasteiger partial charge in [-0.25, -0.2) is 4.68 Å². The van der Waals surface area contributed by atoms with Crippen molar-refractivity contribution in [3.8, 4) is 5.75 Å². The molecule has 1 aromatic rings. The maximum Gasteiger partial charge on any atom is 0.534 e. The topological polar surface area (TPSA) is 70.4 Å². The van der Waals surface area contributed by atoms with Crippen LogP contribution in [0.4, 0.5) is 13.2 Å². The van der Waals surface area contributed by atoms with Crippen molar-refractivity contribution in [3.63, 3.8) is 0 Å². The molecule has 120 valence electrons. The van der Waals surface area contributed by atoms with E-state index in [1.807, 2.05) is 0 Å². The van der Waals surface area contributed by atoms with Crippen LogP contribution in [0.1, 0.15) is 36.9 Å². The molecule has 0 aromatic carbocycles. The van der Waals surface area contributed by atoms with Crippen molar-refractivity contribution in [2.45, 2.75) is 44.8 Å². The fourth-order valence-electron chi connectivity index (χ4n) is 2.12. The number of alkyl halides is 3. The van der Waals surface area contributed by atoms with Crippen molar-refractivity contribution >= 4 is 10.1 Å². The van der Waals surface area contributed by atoms with E-state index in [4.69, 9.17) is 4.74 Å². The Kier molecular flexibility index (Phi) is 4.20. The highest BCUT2D eigenvalue weighted by molar-refractivity contribution is 7.88. The first-order valence-electron chi connectivity index (χ1n) is 6.31. The molecule has 1 aromatic heterocycles. The molecule has 10 heteroatoms. The molecule has 1 unspecified atom stereocenters. The summed E-state index contributed by atoms with van der Waals surface area (Å²) in [7, 11) is -5.71. The number of ether oxygens (including phenoxy) is 1. The molecule has 21 heavy (non-hydrogen) atoms. The van der Waals surface area contributed by atoms with E-state index >= 15 is 0 Å². The fraction of sp³-hybridized carbons (Fsp3) is 0.727. The highest BCUT2D eigenvalue weighted by Gasteiger charge is 2.49. The molecule has 1 saturated heterocycles. The van der Waals surface area contributed by atoms with Crippen LogP contribution in [0.2, 0.25) is 0 Å². The smallest absolute Gasteiger partial charge is 0.372 e. The van der Waals surface area contributed by atoms with E-state index in [-0.39, 0.29) is 11.4 Å². The maximum absolute atomic E-state index is 12.4. The predicted octanol–water partition coefficient (Wildman–Crippen LogP) is 2.43. The summed E-state index contributed by atoms with van der Waals surface area (Å²) in [6, 6.07) is 0. The Hall–Kier alpha value is -1.29. The van der Waals surface area contributed by atoms with Crippen LogP contribution in [0, 0.1) is 13.8 Å². The number of aryl methyl sites for hydroxylation is 1. The second-order valence-electron chi connectivity index (χ2n) is 4.75. The number of rotatable bonds is 3. The molecule has 0 N–H and O–H groups in total. The van der Waals surface area contributed by atoms with E-state index in [2.05, 4.69) is 9.28 Å². The lowest BCUT2D eigenvalue weighted by atomic mass is 10.2. The van der Waals surface area contributed by atoms with Crippen molar-refractivity contribution in [3.05, 3.63) is 11.4 Å². The molecular formula is C11H15F3N2O4S. The molecule has 0 radical (unpaired) electrons. The summed E-state index contributed by atoms with van der Waals surface area (Å²) in [5.41, 5.74) is -5.23. The van der Waals surface area contributed by atoms with Crippen LogP contribution in [-0.2, 0) is 14.9 Å². The second kappa shape index (κ2) is 5.48. The lowest BCUT2D eigenvalue weighted by molar-refractivity contribution is -0.0501. The van der Waals surface area contributed by atoms with Gasteiger partial charge in [0.25, 0.3) is 0 Å². The van der Waals surface area contributed by atoms with Crippen LogP contribution in [0.25, 0.3) is 0 Å². The van der Waals surface area contributed by atoms with Gasteiger partial charge in [0, 0.05) is 6.61 Å². The average molecular weight is 328 g/mol. The molecule has 1 fully saturated rings. The fourth-order valence-corrected chi connectivity index (χ4v) is 2.68. The van der Waals surface area contributed by atoms with Gasteiger partial charge in [-0.2, -0.15) is 26.7 Å². The minimum Gasteiger partial charge on any atom is -0.372 e. The predicted molar refractivity (Wildman–Crippen MR) is 66.1 cm³/mol. The van der Waals surface area contributed by atoms with Gasteiger partial charge >= 0.3 is 15.6 Å². The van der Waals surface area contributed by atoms with Gasteiger partial charge in [0.1, 0.15) is 5.69 Å². The monoisotopic (exact) mass is 328 g/mol. The molecule has 0 saturated carbocycles. The summed E-state index contributed by atoms with van der Waals surface area (Å²) in [4.78, 5) is 0. The summed E-state index contributed by atoms with van der Waals surface area (Å²) >= 11 is 0. The molecule has 2 rings (SSSR count). The first-order chi connectivity index (χ1) is 9.63. The number of hydrogen-bond donors (Lipinski definition) is 0. The molecule has 0 bridgehead atoms. The van der Waals surface area contributed by atoms with Gasteiger partial charge in [-0.1, -0.05) is 0 Å². The third-order valence-electron chi connectivity index (χ3n) is 3.16. The summed E-state index contributed by atoms with van der Waals surface area (Å²) in [5, 5.41) is 4.03. The van der Waals surface area contributed by atoms with Gasteiger partial charge < -0.3 is 8.92 Å². The lowest BCUT2D eigenvalue weighted by Crippen LogP contribution is -2.28. The van der Waals surface area contributed by atoms with Crippen LogP contribution < -0.4 is 4.18 Å². The van der Waals surface area contributed by atoms with E-state index in [9.17, 15) is 21.6 Å². The number of halogens is 3.